The van der Waals surface area contributed by atoms with Gasteiger partial charge < -0.3 is 10.6 Å². The number of piperidine rings is 1. The van der Waals surface area contributed by atoms with Gasteiger partial charge in [-0.1, -0.05) is 6.92 Å². The van der Waals surface area contributed by atoms with Crippen molar-refractivity contribution in [2.24, 2.45) is 0 Å². The van der Waals surface area contributed by atoms with Crippen LogP contribution >= 0.6 is 0 Å². The number of urea groups is 1. The summed E-state index contributed by atoms with van der Waals surface area (Å²) in [7, 11) is -3.18. The molecule has 0 radical (unpaired) electrons. The fraction of sp³-hybridized carbons (Fsp3) is 0.818. The Hall–Kier alpha value is -1.15. The maximum absolute atomic E-state index is 12.3. The number of sulfone groups is 1. The Kier molecular flexibility index (Phi) is 3.82. The summed E-state index contributed by atoms with van der Waals surface area (Å²) < 4.78 is 22.9. The van der Waals surface area contributed by atoms with Gasteiger partial charge >= 0.3 is 6.03 Å². The van der Waals surface area contributed by atoms with Gasteiger partial charge in [0.1, 0.15) is 5.54 Å². The van der Waals surface area contributed by atoms with Crippen molar-refractivity contribution >= 4 is 21.8 Å². The summed E-state index contributed by atoms with van der Waals surface area (Å²) in [6, 6.07) is -0.474. The van der Waals surface area contributed by atoms with E-state index in [4.69, 9.17) is 0 Å². The first kappa shape index (κ1) is 14.3. The van der Waals surface area contributed by atoms with Crippen molar-refractivity contribution in [3.63, 3.8) is 0 Å². The smallest absolute Gasteiger partial charge is 0.323 e. The van der Waals surface area contributed by atoms with Crippen LogP contribution in [0.25, 0.3) is 0 Å². The Balaban J connectivity index is 2.06. The average Bonchev–Trinajstić information content (AvgIpc) is 2.60. The second kappa shape index (κ2) is 5.09. The van der Waals surface area contributed by atoms with Gasteiger partial charge in [-0.3, -0.25) is 9.69 Å². The predicted molar refractivity (Wildman–Crippen MR) is 69.4 cm³/mol. The second-order valence-corrected chi connectivity index (χ2v) is 7.43. The van der Waals surface area contributed by atoms with Crippen LogP contribution in [-0.2, 0) is 14.6 Å². The fourth-order valence-electron chi connectivity index (χ4n) is 2.45. The third-order valence-electron chi connectivity index (χ3n) is 3.77. The van der Waals surface area contributed by atoms with Crippen LogP contribution in [0.5, 0.6) is 0 Å². The van der Waals surface area contributed by atoms with Crippen LogP contribution in [0.2, 0.25) is 0 Å². The molecule has 0 aromatic carbocycles. The zero-order valence-electron chi connectivity index (χ0n) is 10.9. The molecule has 108 valence electrons. The molecule has 1 spiro atoms. The SMILES string of the molecule is CCS(=O)(=O)CCN1C(=O)NC2(CCNCC2)C1=O. The summed E-state index contributed by atoms with van der Waals surface area (Å²) in [6.07, 6.45) is 1.10. The lowest BCUT2D eigenvalue weighted by molar-refractivity contribution is -0.132. The van der Waals surface area contributed by atoms with Gasteiger partial charge in [-0.15, -0.1) is 0 Å². The highest BCUT2D eigenvalue weighted by molar-refractivity contribution is 7.91. The largest absolute Gasteiger partial charge is 0.325 e. The molecule has 2 aliphatic rings. The van der Waals surface area contributed by atoms with Gasteiger partial charge in [0.15, 0.2) is 9.84 Å². The number of nitrogens with one attached hydrogen (secondary N) is 2. The molecule has 0 unspecified atom stereocenters. The second-order valence-electron chi connectivity index (χ2n) is 4.96. The van der Waals surface area contributed by atoms with Crippen molar-refractivity contribution < 1.29 is 18.0 Å². The fourth-order valence-corrected chi connectivity index (χ4v) is 3.20. The highest BCUT2D eigenvalue weighted by Gasteiger charge is 2.51. The van der Waals surface area contributed by atoms with Crippen molar-refractivity contribution in [1.82, 2.24) is 15.5 Å². The standard InChI is InChI=1S/C11H19N3O4S/c1-2-19(17,18)8-7-14-9(15)11(13-10(14)16)3-5-12-6-4-11/h12H,2-8H2,1H3,(H,13,16). The van der Waals surface area contributed by atoms with E-state index in [2.05, 4.69) is 10.6 Å². The molecule has 0 aliphatic carbocycles. The minimum Gasteiger partial charge on any atom is -0.323 e. The Morgan fingerprint density at radius 3 is 2.47 bits per heavy atom. The van der Waals surface area contributed by atoms with Crippen LogP contribution in [-0.4, -0.2) is 61.9 Å². The van der Waals surface area contributed by atoms with E-state index in [0.29, 0.717) is 25.9 Å². The highest BCUT2D eigenvalue weighted by atomic mass is 32.2. The maximum atomic E-state index is 12.3. The van der Waals surface area contributed by atoms with Gasteiger partial charge in [-0.05, 0) is 25.9 Å². The van der Waals surface area contributed by atoms with E-state index >= 15 is 0 Å². The van der Waals surface area contributed by atoms with E-state index in [0.717, 1.165) is 4.90 Å². The van der Waals surface area contributed by atoms with Crippen LogP contribution in [0, 0.1) is 0 Å². The normalized spacial score (nSPS) is 22.9. The molecule has 3 amide bonds. The topological polar surface area (TPSA) is 95.6 Å². The molecule has 0 aromatic heterocycles. The molecular formula is C11H19N3O4S. The Morgan fingerprint density at radius 2 is 1.89 bits per heavy atom. The van der Waals surface area contributed by atoms with E-state index in [1.54, 1.807) is 6.92 Å². The van der Waals surface area contributed by atoms with Crippen molar-refractivity contribution in [2.45, 2.75) is 25.3 Å². The molecule has 19 heavy (non-hydrogen) atoms. The van der Waals surface area contributed by atoms with E-state index in [1.165, 1.54) is 0 Å². The summed E-state index contributed by atoms with van der Waals surface area (Å²) in [4.78, 5) is 25.2. The quantitative estimate of drug-likeness (QED) is 0.654. The van der Waals surface area contributed by atoms with Crippen molar-refractivity contribution in [2.75, 3.05) is 31.1 Å². The van der Waals surface area contributed by atoms with Crippen LogP contribution in [0.3, 0.4) is 0 Å². The summed E-state index contributed by atoms with van der Waals surface area (Å²) in [6.45, 7) is 2.84. The molecule has 2 aliphatic heterocycles. The van der Waals surface area contributed by atoms with Gasteiger partial charge in [0.2, 0.25) is 0 Å². The summed E-state index contributed by atoms with van der Waals surface area (Å²) in [5, 5.41) is 5.86. The number of imide groups is 1. The van der Waals surface area contributed by atoms with Gasteiger partial charge in [0.25, 0.3) is 5.91 Å². The number of amides is 3. The molecule has 0 bridgehead atoms. The summed E-state index contributed by atoms with van der Waals surface area (Å²) >= 11 is 0. The molecule has 2 saturated heterocycles. The number of hydrogen-bond acceptors (Lipinski definition) is 5. The number of hydrogen-bond donors (Lipinski definition) is 2. The Morgan fingerprint density at radius 1 is 1.26 bits per heavy atom. The molecule has 0 aromatic rings. The van der Waals surface area contributed by atoms with E-state index in [1.807, 2.05) is 0 Å². The summed E-state index contributed by atoms with van der Waals surface area (Å²) in [5.74, 6) is -0.437. The van der Waals surface area contributed by atoms with Crippen LogP contribution in [0.1, 0.15) is 19.8 Å². The van der Waals surface area contributed by atoms with Gasteiger partial charge in [-0.25, -0.2) is 13.2 Å². The van der Waals surface area contributed by atoms with Crippen molar-refractivity contribution in [1.29, 1.82) is 0 Å². The molecule has 2 heterocycles. The molecule has 2 N–H and O–H groups in total. The summed E-state index contributed by atoms with van der Waals surface area (Å²) in [5.41, 5.74) is -0.821. The lowest BCUT2D eigenvalue weighted by Crippen LogP contribution is -2.54. The van der Waals surface area contributed by atoms with Crippen molar-refractivity contribution in [3.8, 4) is 0 Å². The zero-order chi connectivity index (χ0) is 14.1. The third-order valence-corrected chi connectivity index (χ3v) is 5.45. The number of carbonyl (C=O) groups is 2. The van der Waals surface area contributed by atoms with E-state index < -0.39 is 21.4 Å². The van der Waals surface area contributed by atoms with Gasteiger partial charge in [0, 0.05) is 12.3 Å². The molecule has 0 atom stereocenters. The predicted octanol–water partition coefficient (Wildman–Crippen LogP) is -0.905. The lowest BCUT2D eigenvalue weighted by Gasteiger charge is -2.31. The van der Waals surface area contributed by atoms with Gasteiger partial charge in [-0.2, -0.15) is 0 Å². The van der Waals surface area contributed by atoms with Gasteiger partial charge in [0.05, 0.1) is 5.75 Å². The molecular weight excluding hydrogens is 270 g/mol. The van der Waals surface area contributed by atoms with Crippen LogP contribution in [0.15, 0.2) is 0 Å². The minimum atomic E-state index is -3.18. The maximum Gasteiger partial charge on any atom is 0.325 e. The number of carbonyl (C=O) groups excluding carboxylic acids is 2. The minimum absolute atomic E-state index is 0.0196. The van der Waals surface area contributed by atoms with Crippen molar-refractivity contribution in [3.05, 3.63) is 0 Å². The number of nitrogens with zero attached hydrogens (tertiary/aromatic N) is 1. The highest BCUT2D eigenvalue weighted by Crippen LogP contribution is 2.26. The zero-order valence-corrected chi connectivity index (χ0v) is 11.8. The first-order valence-electron chi connectivity index (χ1n) is 6.45. The lowest BCUT2D eigenvalue weighted by atomic mass is 9.88. The van der Waals surface area contributed by atoms with Crippen LogP contribution in [0.4, 0.5) is 4.79 Å². The molecule has 2 fully saturated rings. The molecule has 7 nitrogen and oxygen atoms in total. The average molecular weight is 289 g/mol. The third kappa shape index (κ3) is 2.74. The Bertz CT molecular complexity index is 482. The Labute approximate surface area is 112 Å². The first-order valence-corrected chi connectivity index (χ1v) is 8.28. The number of rotatable bonds is 4. The van der Waals surface area contributed by atoms with E-state index in [9.17, 15) is 18.0 Å². The van der Waals surface area contributed by atoms with Crippen LogP contribution < -0.4 is 10.6 Å². The van der Waals surface area contributed by atoms with E-state index in [-0.39, 0.29) is 24.0 Å². The molecule has 2 rings (SSSR count). The monoisotopic (exact) mass is 289 g/mol. The molecule has 8 heteroatoms. The first-order chi connectivity index (χ1) is 8.90. The molecule has 0 saturated carbocycles.